The zero-order valence-electron chi connectivity index (χ0n) is 18.0. The molecule has 0 aromatic heterocycles. The SMILES string of the molecule is CCNC(=NCC1CC(=O)Nc2ccccc21)NCCNC(=O)Cc1ccc(F)cc1.I. The van der Waals surface area contributed by atoms with E-state index in [4.69, 9.17) is 0 Å². The van der Waals surface area contributed by atoms with E-state index in [1.165, 1.54) is 12.1 Å². The lowest BCUT2D eigenvalue weighted by molar-refractivity contribution is -0.120. The summed E-state index contributed by atoms with van der Waals surface area (Å²) < 4.78 is 12.9. The minimum Gasteiger partial charge on any atom is -0.357 e. The fourth-order valence-corrected chi connectivity index (χ4v) is 3.44. The number of halogens is 2. The van der Waals surface area contributed by atoms with Crippen molar-refractivity contribution in [2.24, 2.45) is 4.99 Å². The third-order valence-corrected chi connectivity index (χ3v) is 4.94. The minimum absolute atomic E-state index is 0. The number of guanidine groups is 1. The van der Waals surface area contributed by atoms with Gasteiger partial charge in [0.2, 0.25) is 11.8 Å². The largest absolute Gasteiger partial charge is 0.357 e. The number of hydrogen-bond acceptors (Lipinski definition) is 3. The Morgan fingerprint density at radius 1 is 1.09 bits per heavy atom. The van der Waals surface area contributed by atoms with Gasteiger partial charge >= 0.3 is 0 Å². The summed E-state index contributed by atoms with van der Waals surface area (Å²) in [6.07, 6.45) is 0.608. The maximum absolute atomic E-state index is 12.9. The van der Waals surface area contributed by atoms with Crippen LogP contribution in [0.2, 0.25) is 0 Å². The molecule has 7 nitrogen and oxygen atoms in total. The van der Waals surface area contributed by atoms with Crippen LogP contribution < -0.4 is 21.3 Å². The lowest BCUT2D eigenvalue weighted by Crippen LogP contribution is -2.42. The van der Waals surface area contributed by atoms with Crippen LogP contribution >= 0.6 is 24.0 Å². The van der Waals surface area contributed by atoms with Gasteiger partial charge in [-0.2, -0.15) is 0 Å². The van der Waals surface area contributed by atoms with E-state index in [9.17, 15) is 14.0 Å². The molecule has 0 saturated heterocycles. The van der Waals surface area contributed by atoms with E-state index in [1.807, 2.05) is 31.2 Å². The number of benzene rings is 2. The normalized spacial score (nSPS) is 15.1. The van der Waals surface area contributed by atoms with Crippen molar-refractivity contribution in [1.29, 1.82) is 0 Å². The molecule has 9 heteroatoms. The van der Waals surface area contributed by atoms with Gasteiger partial charge in [-0.05, 0) is 36.2 Å². The standard InChI is InChI=1S/C23H28FN5O2.HI/c1-2-25-23(27-12-11-26-21(30)13-16-7-9-18(24)10-8-16)28-15-17-14-22(31)29-20-6-4-3-5-19(17)20;/h3-10,17H,2,11-15H2,1H3,(H,26,30)(H,29,31)(H2,25,27,28);1H. The average Bonchev–Trinajstić information content (AvgIpc) is 2.76. The van der Waals surface area contributed by atoms with Crippen molar-refractivity contribution in [3.05, 3.63) is 65.5 Å². The number of carbonyl (C=O) groups is 2. The second-order valence-electron chi connectivity index (χ2n) is 7.34. The first-order chi connectivity index (χ1) is 15.0. The summed E-state index contributed by atoms with van der Waals surface area (Å²) >= 11 is 0. The van der Waals surface area contributed by atoms with Crippen molar-refractivity contribution < 1.29 is 14.0 Å². The fraction of sp³-hybridized carbons (Fsp3) is 0.348. The number of nitrogens with one attached hydrogen (secondary N) is 4. The number of rotatable bonds is 8. The summed E-state index contributed by atoms with van der Waals surface area (Å²) in [6.45, 7) is 4.09. The first kappa shape index (κ1) is 25.6. The Bertz CT molecular complexity index is 936. The monoisotopic (exact) mass is 553 g/mol. The van der Waals surface area contributed by atoms with Crippen LogP contribution in [0, 0.1) is 5.82 Å². The van der Waals surface area contributed by atoms with Crippen LogP contribution in [-0.4, -0.2) is 44.0 Å². The van der Waals surface area contributed by atoms with Crippen LogP contribution in [0.5, 0.6) is 0 Å². The Morgan fingerprint density at radius 3 is 2.56 bits per heavy atom. The Kier molecular flexibility index (Phi) is 10.4. The Hall–Kier alpha value is -2.69. The van der Waals surface area contributed by atoms with E-state index in [1.54, 1.807) is 12.1 Å². The van der Waals surface area contributed by atoms with Gasteiger partial charge in [0, 0.05) is 37.7 Å². The van der Waals surface area contributed by atoms with Crippen molar-refractivity contribution in [2.75, 3.05) is 31.5 Å². The molecule has 0 spiro atoms. The number of hydrogen-bond donors (Lipinski definition) is 4. The maximum Gasteiger partial charge on any atom is 0.225 e. The molecule has 1 atom stereocenters. The van der Waals surface area contributed by atoms with Crippen LogP contribution in [0.15, 0.2) is 53.5 Å². The van der Waals surface area contributed by atoms with Gasteiger partial charge in [-0.25, -0.2) is 4.39 Å². The van der Waals surface area contributed by atoms with Crippen LogP contribution in [-0.2, 0) is 16.0 Å². The van der Waals surface area contributed by atoms with E-state index in [0.29, 0.717) is 38.6 Å². The summed E-state index contributed by atoms with van der Waals surface area (Å²) in [5.74, 6) is 0.219. The second kappa shape index (κ2) is 13.0. The van der Waals surface area contributed by atoms with E-state index in [2.05, 4.69) is 26.3 Å². The molecule has 0 saturated carbocycles. The summed E-state index contributed by atoms with van der Waals surface area (Å²) in [4.78, 5) is 28.6. The van der Waals surface area contributed by atoms with Crippen LogP contribution in [0.1, 0.15) is 30.4 Å². The third kappa shape index (κ3) is 7.77. The molecular weight excluding hydrogens is 524 g/mol. The molecule has 1 aliphatic heterocycles. The van der Waals surface area contributed by atoms with E-state index < -0.39 is 0 Å². The summed E-state index contributed by atoms with van der Waals surface area (Å²) in [5.41, 5.74) is 2.70. The molecule has 0 aliphatic carbocycles. The Morgan fingerprint density at radius 2 is 1.81 bits per heavy atom. The second-order valence-corrected chi connectivity index (χ2v) is 7.34. The molecule has 2 aromatic rings. The van der Waals surface area contributed by atoms with Crippen molar-refractivity contribution in [3.63, 3.8) is 0 Å². The van der Waals surface area contributed by atoms with Crippen molar-refractivity contribution >= 4 is 47.4 Å². The molecule has 1 unspecified atom stereocenters. The topological polar surface area (TPSA) is 94.6 Å². The van der Waals surface area contributed by atoms with Gasteiger partial charge in [-0.1, -0.05) is 30.3 Å². The molecule has 0 radical (unpaired) electrons. The fourth-order valence-electron chi connectivity index (χ4n) is 3.44. The van der Waals surface area contributed by atoms with Gasteiger partial charge in [0.1, 0.15) is 5.82 Å². The molecule has 2 aromatic carbocycles. The molecule has 1 aliphatic rings. The Balaban J connectivity index is 0.00000363. The number of fused-ring (bicyclic) bond motifs is 1. The van der Waals surface area contributed by atoms with E-state index in [0.717, 1.165) is 16.8 Å². The number of anilines is 1. The van der Waals surface area contributed by atoms with Crippen LogP contribution in [0.3, 0.4) is 0 Å². The lowest BCUT2D eigenvalue weighted by Gasteiger charge is -2.24. The van der Waals surface area contributed by atoms with Gasteiger partial charge in [-0.15, -0.1) is 24.0 Å². The number of nitrogens with zero attached hydrogens (tertiary/aromatic N) is 1. The molecule has 32 heavy (non-hydrogen) atoms. The zero-order valence-corrected chi connectivity index (χ0v) is 20.3. The molecule has 172 valence electrons. The van der Waals surface area contributed by atoms with Gasteiger partial charge in [0.05, 0.1) is 13.0 Å². The predicted octanol–water partition coefficient (Wildman–Crippen LogP) is 2.78. The van der Waals surface area contributed by atoms with Crippen molar-refractivity contribution in [3.8, 4) is 0 Å². The molecule has 1 heterocycles. The molecule has 0 fully saturated rings. The average molecular weight is 553 g/mol. The first-order valence-electron chi connectivity index (χ1n) is 10.5. The predicted molar refractivity (Wildman–Crippen MR) is 135 cm³/mol. The smallest absolute Gasteiger partial charge is 0.225 e. The molecule has 0 bridgehead atoms. The highest BCUT2D eigenvalue weighted by molar-refractivity contribution is 14.0. The summed E-state index contributed by atoms with van der Waals surface area (Å²) in [5, 5.41) is 12.1. The summed E-state index contributed by atoms with van der Waals surface area (Å²) in [7, 11) is 0. The van der Waals surface area contributed by atoms with Crippen molar-refractivity contribution in [1.82, 2.24) is 16.0 Å². The third-order valence-electron chi connectivity index (χ3n) is 4.94. The number of amides is 2. The van der Waals surface area contributed by atoms with Gasteiger partial charge in [0.25, 0.3) is 0 Å². The highest BCUT2D eigenvalue weighted by Gasteiger charge is 2.24. The lowest BCUT2D eigenvalue weighted by atomic mass is 9.91. The van der Waals surface area contributed by atoms with Gasteiger partial charge < -0.3 is 21.3 Å². The highest BCUT2D eigenvalue weighted by atomic mass is 127. The minimum atomic E-state index is -0.319. The number of carbonyl (C=O) groups excluding carboxylic acids is 2. The summed E-state index contributed by atoms with van der Waals surface area (Å²) in [6, 6.07) is 13.7. The van der Waals surface area contributed by atoms with E-state index in [-0.39, 0.29) is 53.9 Å². The maximum atomic E-state index is 12.9. The molecule has 4 N–H and O–H groups in total. The highest BCUT2D eigenvalue weighted by Crippen LogP contribution is 2.31. The van der Waals surface area contributed by atoms with Gasteiger partial charge in [-0.3, -0.25) is 14.6 Å². The van der Waals surface area contributed by atoms with Crippen molar-refractivity contribution in [2.45, 2.75) is 25.7 Å². The quantitative estimate of drug-likeness (QED) is 0.175. The number of para-hydroxylation sites is 1. The molecular formula is C23H29FIN5O2. The molecule has 3 rings (SSSR count). The van der Waals surface area contributed by atoms with Crippen LogP contribution in [0.25, 0.3) is 0 Å². The van der Waals surface area contributed by atoms with Crippen LogP contribution in [0.4, 0.5) is 10.1 Å². The Labute approximate surface area is 204 Å². The van der Waals surface area contributed by atoms with E-state index >= 15 is 0 Å². The number of aliphatic imine (C=N–C) groups is 1. The zero-order chi connectivity index (χ0) is 22.1. The first-order valence-corrected chi connectivity index (χ1v) is 10.5. The van der Waals surface area contributed by atoms with Gasteiger partial charge in [0.15, 0.2) is 5.96 Å². The molecule has 2 amide bonds.